The lowest BCUT2D eigenvalue weighted by atomic mass is 9.41. The Morgan fingerprint density at radius 1 is 1.18 bits per heavy atom. The van der Waals surface area contributed by atoms with Crippen molar-refractivity contribution in [2.45, 2.75) is 90.9 Å². The summed E-state index contributed by atoms with van der Waals surface area (Å²) >= 11 is 3.40. The molecule has 33 heavy (non-hydrogen) atoms. The first-order valence-corrected chi connectivity index (χ1v) is 13.7. The van der Waals surface area contributed by atoms with E-state index in [0.29, 0.717) is 42.0 Å². The number of halogens is 1. The predicted octanol–water partition coefficient (Wildman–Crippen LogP) is 4.28. The van der Waals surface area contributed by atoms with Crippen LogP contribution in [0.4, 0.5) is 0 Å². The monoisotopic (exact) mass is 525 g/mol. The number of carboxylic acids is 1. The number of rotatable bonds is 4. The third-order valence-corrected chi connectivity index (χ3v) is 10.7. The number of aliphatic hydroxyl groups excluding tert-OH is 1. The summed E-state index contributed by atoms with van der Waals surface area (Å²) in [5.74, 6) is -0.0577. The number of alkyl halides is 1. The SMILES string of the molecule is CC(=O)OC1CC2(C)C(CC(O)C3C2CCC2[C@H](C)[C@H](N)CCC32C)/C1=C(\CCBr)C(=O)O. The lowest BCUT2D eigenvalue weighted by Crippen LogP contribution is -2.61. The molecule has 4 saturated carbocycles. The van der Waals surface area contributed by atoms with E-state index in [9.17, 15) is 19.8 Å². The van der Waals surface area contributed by atoms with Gasteiger partial charge in [0.15, 0.2) is 0 Å². The number of hydrogen-bond acceptors (Lipinski definition) is 5. The molecule has 0 aliphatic heterocycles. The average molecular weight is 527 g/mol. The first-order valence-electron chi connectivity index (χ1n) is 12.6. The van der Waals surface area contributed by atoms with E-state index in [1.165, 1.54) is 6.92 Å². The standard InChI is InChI=1S/C26H40BrNO5/c1-13-16-5-6-17-23(25(16,3)9-7-19(13)28)20(30)11-18-22(15(8-10-27)24(31)32)21(33-14(2)29)12-26(17,18)4/h13,16-21,23,30H,5-12,28H2,1-4H3,(H,31,32)/b22-15-/t13-,16?,17?,18?,19+,20?,21?,23?,25?,26?/m0/s1. The maximum atomic E-state index is 12.3. The Morgan fingerprint density at radius 2 is 1.85 bits per heavy atom. The molecule has 0 aromatic rings. The number of carboxylic acid groups (broad SMARTS) is 1. The fraction of sp³-hybridized carbons (Fsp3) is 0.846. The summed E-state index contributed by atoms with van der Waals surface area (Å²) in [5.41, 5.74) is 7.36. The van der Waals surface area contributed by atoms with Gasteiger partial charge in [-0.05, 0) is 90.9 Å². The van der Waals surface area contributed by atoms with Crippen LogP contribution in [0.5, 0.6) is 0 Å². The van der Waals surface area contributed by atoms with Crippen LogP contribution in [-0.2, 0) is 14.3 Å². The summed E-state index contributed by atoms with van der Waals surface area (Å²) in [7, 11) is 0. The lowest BCUT2D eigenvalue weighted by Gasteiger charge is -2.64. The van der Waals surface area contributed by atoms with Gasteiger partial charge in [-0.3, -0.25) is 4.79 Å². The van der Waals surface area contributed by atoms with E-state index in [-0.39, 0.29) is 40.6 Å². The normalized spacial score (nSPS) is 48.3. The molecule has 0 amide bonds. The van der Waals surface area contributed by atoms with Crippen LogP contribution in [0.15, 0.2) is 11.1 Å². The van der Waals surface area contributed by atoms with E-state index < -0.39 is 18.2 Å². The van der Waals surface area contributed by atoms with E-state index in [0.717, 1.165) is 31.3 Å². The number of ether oxygens (including phenoxy) is 1. The van der Waals surface area contributed by atoms with Crippen molar-refractivity contribution < 1.29 is 24.5 Å². The van der Waals surface area contributed by atoms with Crippen LogP contribution < -0.4 is 5.73 Å². The molecule has 0 aromatic carbocycles. The molecular formula is C26H40BrNO5. The molecule has 7 heteroatoms. The third kappa shape index (κ3) is 3.90. The molecule has 0 bridgehead atoms. The average Bonchev–Trinajstić information content (AvgIpc) is 3.00. The number of aliphatic hydroxyl groups is 1. The summed E-state index contributed by atoms with van der Waals surface area (Å²) in [5, 5.41) is 22.2. The minimum absolute atomic E-state index is 0.0283. The Kier molecular flexibility index (Phi) is 6.82. The third-order valence-electron chi connectivity index (χ3n) is 10.3. The van der Waals surface area contributed by atoms with Crippen molar-refractivity contribution in [3.63, 3.8) is 0 Å². The maximum absolute atomic E-state index is 12.3. The van der Waals surface area contributed by atoms with Crippen molar-refractivity contribution in [2.24, 2.45) is 46.2 Å². The fourth-order valence-corrected chi connectivity index (χ4v) is 9.28. The number of fused-ring (bicyclic) bond motifs is 5. The Balaban J connectivity index is 1.78. The van der Waals surface area contributed by atoms with Crippen molar-refractivity contribution in [3.05, 3.63) is 11.1 Å². The van der Waals surface area contributed by atoms with Crippen LogP contribution in [0.25, 0.3) is 0 Å². The predicted molar refractivity (Wildman–Crippen MR) is 130 cm³/mol. The van der Waals surface area contributed by atoms with Gasteiger partial charge in [-0.15, -0.1) is 0 Å². The van der Waals surface area contributed by atoms with Crippen LogP contribution in [0.2, 0.25) is 0 Å². The molecule has 0 saturated heterocycles. The van der Waals surface area contributed by atoms with E-state index in [2.05, 4.69) is 36.7 Å². The Morgan fingerprint density at radius 3 is 2.45 bits per heavy atom. The molecule has 4 aliphatic rings. The first kappa shape index (κ1) is 25.2. The maximum Gasteiger partial charge on any atom is 0.331 e. The molecular weight excluding hydrogens is 486 g/mol. The van der Waals surface area contributed by atoms with Gasteiger partial charge in [0, 0.05) is 23.9 Å². The number of hydrogen-bond donors (Lipinski definition) is 3. The molecule has 4 fully saturated rings. The minimum Gasteiger partial charge on any atom is -0.478 e. The van der Waals surface area contributed by atoms with Gasteiger partial charge in [0.25, 0.3) is 0 Å². The quantitative estimate of drug-likeness (QED) is 0.287. The molecule has 0 heterocycles. The molecule has 0 spiro atoms. The minimum atomic E-state index is -0.951. The largest absolute Gasteiger partial charge is 0.478 e. The molecule has 4 rings (SSSR count). The molecule has 6 nitrogen and oxygen atoms in total. The van der Waals surface area contributed by atoms with Crippen molar-refractivity contribution in [2.75, 3.05) is 5.33 Å². The number of carbonyl (C=O) groups is 2. The number of nitrogens with two attached hydrogens (primary N) is 1. The number of esters is 1. The van der Waals surface area contributed by atoms with E-state index in [4.69, 9.17) is 10.5 Å². The van der Waals surface area contributed by atoms with Gasteiger partial charge in [-0.25, -0.2) is 4.79 Å². The molecule has 10 atom stereocenters. The van der Waals surface area contributed by atoms with Crippen molar-refractivity contribution in [1.29, 1.82) is 0 Å². The second-order valence-corrected chi connectivity index (χ2v) is 12.5. The molecule has 0 radical (unpaired) electrons. The summed E-state index contributed by atoms with van der Waals surface area (Å²) in [6.07, 6.45) is 4.63. The molecule has 8 unspecified atom stereocenters. The van der Waals surface area contributed by atoms with Gasteiger partial charge in [-0.1, -0.05) is 36.7 Å². The summed E-state index contributed by atoms with van der Waals surface area (Å²) < 4.78 is 5.76. The topological polar surface area (TPSA) is 110 Å². The summed E-state index contributed by atoms with van der Waals surface area (Å²) in [6, 6.07) is 0.223. The Labute approximate surface area is 205 Å². The number of aliphatic carboxylic acids is 1. The van der Waals surface area contributed by atoms with Crippen molar-refractivity contribution >= 4 is 27.9 Å². The van der Waals surface area contributed by atoms with Crippen LogP contribution >= 0.6 is 15.9 Å². The van der Waals surface area contributed by atoms with Crippen LogP contribution in [0.1, 0.15) is 72.6 Å². The van der Waals surface area contributed by atoms with Crippen LogP contribution in [0.3, 0.4) is 0 Å². The van der Waals surface area contributed by atoms with Gasteiger partial charge in [0.2, 0.25) is 0 Å². The summed E-state index contributed by atoms with van der Waals surface area (Å²) in [4.78, 5) is 24.3. The molecule has 4 N–H and O–H groups in total. The highest BCUT2D eigenvalue weighted by molar-refractivity contribution is 9.09. The van der Waals surface area contributed by atoms with Gasteiger partial charge in [-0.2, -0.15) is 0 Å². The van der Waals surface area contributed by atoms with Gasteiger partial charge < -0.3 is 20.7 Å². The van der Waals surface area contributed by atoms with Crippen molar-refractivity contribution in [1.82, 2.24) is 0 Å². The fourth-order valence-electron chi connectivity index (χ4n) is 8.88. The highest BCUT2D eigenvalue weighted by Gasteiger charge is 2.65. The lowest BCUT2D eigenvalue weighted by molar-refractivity contribution is -0.179. The Bertz CT molecular complexity index is 845. The zero-order chi connectivity index (χ0) is 24.3. The van der Waals surface area contributed by atoms with Crippen LogP contribution in [0, 0.1) is 40.4 Å². The highest BCUT2D eigenvalue weighted by Crippen LogP contribution is 2.69. The zero-order valence-corrected chi connectivity index (χ0v) is 21.9. The van der Waals surface area contributed by atoms with Gasteiger partial charge in [0.1, 0.15) is 6.10 Å². The van der Waals surface area contributed by atoms with Gasteiger partial charge in [0.05, 0.1) is 6.10 Å². The Hall–Kier alpha value is -0.920. The van der Waals surface area contributed by atoms with Crippen LogP contribution in [-0.4, -0.2) is 45.7 Å². The van der Waals surface area contributed by atoms with Crippen molar-refractivity contribution in [3.8, 4) is 0 Å². The number of carbonyl (C=O) groups excluding carboxylic acids is 1. The van der Waals surface area contributed by atoms with E-state index in [1.807, 2.05) is 0 Å². The second kappa shape index (κ2) is 8.94. The first-order chi connectivity index (χ1) is 15.5. The summed E-state index contributed by atoms with van der Waals surface area (Å²) in [6.45, 7) is 8.30. The molecule has 186 valence electrons. The zero-order valence-electron chi connectivity index (χ0n) is 20.4. The second-order valence-electron chi connectivity index (χ2n) is 11.7. The molecule has 4 aliphatic carbocycles. The highest BCUT2D eigenvalue weighted by atomic mass is 79.9. The van der Waals surface area contributed by atoms with Gasteiger partial charge >= 0.3 is 11.9 Å². The van der Waals surface area contributed by atoms with E-state index >= 15 is 0 Å². The smallest absolute Gasteiger partial charge is 0.331 e. The van der Waals surface area contributed by atoms with E-state index in [1.54, 1.807) is 0 Å². The molecule has 0 aromatic heterocycles.